The number of alkyl carbamates (subject to hydrolysis) is 1. The third-order valence-corrected chi connectivity index (χ3v) is 4.19. The molecule has 3 N–H and O–H groups in total. The second kappa shape index (κ2) is 11.6. The van der Waals surface area contributed by atoms with Gasteiger partial charge in [-0.05, 0) is 30.0 Å². The van der Waals surface area contributed by atoms with E-state index in [0.29, 0.717) is 6.54 Å². The van der Waals surface area contributed by atoms with Crippen molar-refractivity contribution in [1.29, 1.82) is 0 Å². The monoisotopic (exact) mass is 383 g/mol. The highest BCUT2D eigenvalue weighted by Crippen LogP contribution is 2.06. The van der Waals surface area contributed by atoms with Crippen LogP contribution in [0.15, 0.2) is 60.7 Å². The largest absolute Gasteiger partial charge is 0.445 e. The molecule has 2 amide bonds. The molecule has 0 aliphatic rings. The lowest BCUT2D eigenvalue weighted by molar-refractivity contribution is -0.124. The fourth-order valence-corrected chi connectivity index (χ4v) is 2.63. The number of carbonyl (C=O) groups is 2. The van der Waals surface area contributed by atoms with Crippen LogP contribution in [0.2, 0.25) is 0 Å². The minimum absolute atomic E-state index is 0.0493. The fraction of sp³-hybridized carbons (Fsp3) is 0.364. The van der Waals surface area contributed by atoms with Gasteiger partial charge in [0, 0.05) is 18.8 Å². The molecular formula is C22H29N3O3. The molecule has 0 spiro atoms. The summed E-state index contributed by atoms with van der Waals surface area (Å²) in [5.74, 6) is -0.252. The normalized spacial score (nSPS) is 11.5. The van der Waals surface area contributed by atoms with Crippen molar-refractivity contribution < 1.29 is 14.3 Å². The maximum Gasteiger partial charge on any atom is 0.408 e. The van der Waals surface area contributed by atoms with Crippen molar-refractivity contribution in [2.75, 3.05) is 18.4 Å². The lowest BCUT2D eigenvalue weighted by atomic mass is 10.0. The number of amides is 2. The zero-order valence-corrected chi connectivity index (χ0v) is 16.5. The van der Waals surface area contributed by atoms with Gasteiger partial charge in [-0.15, -0.1) is 0 Å². The van der Waals surface area contributed by atoms with Crippen LogP contribution in [0, 0.1) is 5.92 Å². The van der Waals surface area contributed by atoms with Gasteiger partial charge in [0.15, 0.2) is 0 Å². The van der Waals surface area contributed by atoms with E-state index in [2.05, 4.69) is 16.0 Å². The van der Waals surface area contributed by atoms with Gasteiger partial charge in [-0.25, -0.2) is 4.79 Å². The summed E-state index contributed by atoms with van der Waals surface area (Å²) in [4.78, 5) is 24.5. The zero-order valence-electron chi connectivity index (χ0n) is 16.5. The van der Waals surface area contributed by atoms with Crippen LogP contribution in [0.25, 0.3) is 0 Å². The number of ether oxygens (including phenoxy) is 1. The molecule has 0 saturated carbocycles. The van der Waals surface area contributed by atoms with Crippen LogP contribution in [0.3, 0.4) is 0 Å². The SMILES string of the molecule is CC(C)[C@H](NC(=O)OCc1ccccc1)C(=O)NCCCNc1ccccc1. The maximum absolute atomic E-state index is 12.4. The van der Waals surface area contributed by atoms with Crippen LogP contribution in [0.1, 0.15) is 25.8 Å². The van der Waals surface area contributed by atoms with E-state index < -0.39 is 12.1 Å². The Hall–Kier alpha value is -3.02. The first-order chi connectivity index (χ1) is 13.6. The molecule has 6 heteroatoms. The van der Waals surface area contributed by atoms with Gasteiger partial charge in [0.1, 0.15) is 12.6 Å². The highest BCUT2D eigenvalue weighted by atomic mass is 16.5. The number of rotatable bonds is 10. The van der Waals surface area contributed by atoms with Crippen LogP contribution < -0.4 is 16.0 Å². The minimum Gasteiger partial charge on any atom is -0.445 e. The van der Waals surface area contributed by atoms with Crippen molar-refractivity contribution in [1.82, 2.24) is 10.6 Å². The summed E-state index contributed by atoms with van der Waals surface area (Å²) in [6.07, 6.45) is 0.188. The number of benzene rings is 2. The molecule has 2 aromatic carbocycles. The highest BCUT2D eigenvalue weighted by molar-refractivity contribution is 5.85. The zero-order chi connectivity index (χ0) is 20.2. The Morgan fingerprint density at radius 3 is 2.21 bits per heavy atom. The molecule has 0 aliphatic carbocycles. The molecule has 2 rings (SSSR count). The molecule has 6 nitrogen and oxygen atoms in total. The van der Waals surface area contributed by atoms with Gasteiger partial charge in [-0.1, -0.05) is 62.4 Å². The maximum atomic E-state index is 12.4. The second-order valence-electron chi connectivity index (χ2n) is 6.87. The number of hydrogen-bond acceptors (Lipinski definition) is 4. The number of anilines is 1. The van der Waals surface area contributed by atoms with Gasteiger partial charge in [0.05, 0.1) is 0 Å². The highest BCUT2D eigenvalue weighted by Gasteiger charge is 2.24. The fourth-order valence-electron chi connectivity index (χ4n) is 2.63. The molecule has 0 unspecified atom stereocenters. The second-order valence-corrected chi connectivity index (χ2v) is 6.87. The molecule has 28 heavy (non-hydrogen) atoms. The number of nitrogens with one attached hydrogen (secondary N) is 3. The topological polar surface area (TPSA) is 79.5 Å². The quantitative estimate of drug-likeness (QED) is 0.548. The minimum atomic E-state index is -0.634. The number of hydrogen-bond donors (Lipinski definition) is 3. The lowest BCUT2D eigenvalue weighted by Gasteiger charge is -2.21. The van der Waals surface area contributed by atoms with E-state index in [4.69, 9.17) is 4.74 Å². The Labute approximate surface area is 166 Å². The van der Waals surface area contributed by atoms with Crippen LogP contribution in [0.5, 0.6) is 0 Å². The van der Waals surface area contributed by atoms with Crippen LogP contribution in [-0.4, -0.2) is 31.1 Å². The molecule has 0 fully saturated rings. The van der Waals surface area contributed by atoms with Gasteiger partial charge >= 0.3 is 6.09 Å². The van der Waals surface area contributed by atoms with Gasteiger partial charge < -0.3 is 20.7 Å². The van der Waals surface area contributed by atoms with E-state index in [9.17, 15) is 9.59 Å². The molecule has 0 aliphatic heterocycles. The molecule has 0 heterocycles. The van der Waals surface area contributed by atoms with Gasteiger partial charge in [0.2, 0.25) is 5.91 Å². The number of para-hydroxylation sites is 1. The van der Waals surface area contributed by atoms with Crippen molar-refractivity contribution in [3.8, 4) is 0 Å². The Morgan fingerprint density at radius 2 is 1.57 bits per heavy atom. The summed E-state index contributed by atoms with van der Waals surface area (Å²) in [6, 6.07) is 18.7. The third-order valence-electron chi connectivity index (χ3n) is 4.19. The van der Waals surface area contributed by atoms with Crippen molar-refractivity contribution >= 4 is 17.7 Å². The molecule has 0 saturated heterocycles. The first kappa shape index (κ1) is 21.3. The predicted molar refractivity (Wildman–Crippen MR) is 111 cm³/mol. The average molecular weight is 383 g/mol. The van der Waals surface area contributed by atoms with Crippen molar-refractivity contribution in [3.63, 3.8) is 0 Å². The van der Waals surface area contributed by atoms with E-state index in [-0.39, 0.29) is 18.4 Å². The smallest absolute Gasteiger partial charge is 0.408 e. The molecule has 0 bridgehead atoms. The van der Waals surface area contributed by atoms with Crippen LogP contribution >= 0.6 is 0 Å². The lowest BCUT2D eigenvalue weighted by Crippen LogP contribution is -2.50. The molecular weight excluding hydrogens is 354 g/mol. The Kier molecular flexibility index (Phi) is 8.85. The summed E-state index contributed by atoms with van der Waals surface area (Å²) >= 11 is 0. The Morgan fingerprint density at radius 1 is 0.929 bits per heavy atom. The van der Waals surface area contributed by atoms with Crippen LogP contribution in [0.4, 0.5) is 10.5 Å². The van der Waals surface area contributed by atoms with Crippen molar-refractivity contribution in [2.45, 2.75) is 32.9 Å². The van der Waals surface area contributed by atoms with Gasteiger partial charge in [-0.2, -0.15) is 0 Å². The predicted octanol–water partition coefficient (Wildman–Crippen LogP) is 3.56. The van der Waals surface area contributed by atoms with E-state index in [0.717, 1.165) is 24.2 Å². The molecule has 2 aromatic rings. The van der Waals surface area contributed by atoms with Gasteiger partial charge in [-0.3, -0.25) is 4.79 Å². The van der Waals surface area contributed by atoms with E-state index in [1.54, 1.807) is 0 Å². The number of carbonyl (C=O) groups excluding carboxylic acids is 2. The van der Waals surface area contributed by atoms with Gasteiger partial charge in [0.25, 0.3) is 0 Å². The molecule has 150 valence electrons. The molecule has 0 radical (unpaired) electrons. The molecule has 0 aromatic heterocycles. The van der Waals surface area contributed by atoms with E-state index >= 15 is 0 Å². The van der Waals surface area contributed by atoms with E-state index in [1.165, 1.54) is 0 Å². The first-order valence-corrected chi connectivity index (χ1v) is 9.60. The van der Waals surface area contributed by atoms with Crippen LogP contribution in [-0.2, 0) is 16.1 Å². The summed E-state index contributed by atoms with van der Waals surface area (Å²) in [7, 11) is 0. The standard InChI is InChI=1S/C22H29N3O3/c1-17(2)20(25-22(27)28-16-18-10-5-3-6-11-18)21(26)24-15-9-14-23-19-12-7-4-8-13-19/h3-8,10-13,17,20,23H,9,14-16H2,1-2H3,(H,24,26)(H,25,27)/t20-/m0/s1. The van der Waals surface area contributed by atoms with Crippen molar-refractivity contribution in [2.24, 2.45) is 5.92 Å². The average Bonchev–Trinajstić information content (AvgIpc) is 2.71. The summed E-state index contributed by atoms with van der Waals surface area (Å²) in [5.41, 5.74) is 1.95. The first-order valence-electron chi connectivity index (χ1n) is 9.60. The Bertz CT molecular complexity index is 720. The summed E-state index contributed by atoms with van der Waals surface area (Å²) in [6.45, 7) is 5.23. The summed E-state index contributed by atoms with van der Waals surface area (Å²) < 4.78 is 5.21. The van der Waals surface area contributed by atoms with E-state index in [1.807, 2.05) is 74.5 Å². The third kappa shape index (κ3) is 7.70. The molecule has 1 atom stereocenters. The Balaban J connectivity index is 1.69. The van der Waals surface area contributed by atoms with Crippen molar-refractivity contribution in [3.05, 3.63) is 66.2 Å². The summed E-state index contributed by atoms with van der Waals surface area (Å²) in [5, 5.41) is 8.84.